The number of rotatable bonds is 1. The van der Waals surface area contributed by atoms with Crippen molar-refractivity contribution in [3.8, 4) is 11.1 Å². The number of benzene rings is 2. The van der Waals surface area contributed by atoms with E-state index in [0.717, 1.165) is 22.2 Å². The molecule has 0 fully saturated rings. The Morgan fingerprint density at radius 2 is 1.22 bits per heavy atom. The van der Waals surface area contributed by atoms with Crippen molar-refractivity contribution in [2.75, 3.05) is 0 Å². The van der Waals surface area contributed by atoms with Gasteiger partial charge in [0.05, 0.1) is 0 Å². The molecule has 2 aromatic heterocycles. The lowest BCUT2D eigenvalue weighted by Gasteiger charge is -2.02. The second-order valence-corrected chi connectivity index (χ2v) is 3.91. The maximum atomic E-state index is 5.19. The molecule has 0 saturated heterocycles. The van der Waals surface area contributed by atoms with E-state index in [2.05, 4.69) is 22.8 Å². The minimum absolute atomic E-state index is 0.706. The van der Waals surface area contributed by atoms with Crippen molar-refractivity contribution in [3.63, 3.8) is 0 Å². The fraction of sp³-hybridized carbons (Fsp3) is 0. The summed E-state index contributed by atoms with van der Waals surface area (Å²) in [6.07, 6.45) is 5.03. The molecular formula is C14H6N2O2. The molecule has 0 atom stereocenters. The first-order valence-electron chi connectivity index (χ1n) is 5.45. The number of hydrogen-bond donors (Lipinski definition) is 0. The average molecular weight is 234 g/mol. The highest BCUT2D eigenvalue weighted by molar-refractivity contribution is 5.99. The van der Waals surface area contributed by atoms with Gasteiger partial charge in [-0.2, -0.15) is 0 Å². The molecule has 4 nitrogen and oxygen atoms in total. The van der Waals surface area contributed by atoms with Crippen molar-refractivity contribution in [3.05, 3.63) is 49.2 Å². The molecule has 0 spiro atoms. The number of para-hydroxylation sites is 2. The second-order valence-electron chi connectivity index (χ2n) is 3.91. The molecule has 4 heteroatoms. The summed E-state index contributed by atoms with van der Waals surface area (Å²) in [5.74, 6) is 0. The SMILES string of the molecule is [c]1nc2c(-c3cccc4o[c]nc34)cccc2o1. The van der Waals surface area contributed by atoms with Crippen molar-refractivity contribution >= 4 is 22.2 Å². The van der Waals surface area contributed by atoms with E-state index in [1.165, 1.54) is 0 Å². The number of fused-ring (bicyclic) bond motifs is 2. The van der Waals surface area contributed by atoms with Crippen LogP contribution in [0.1, 0.15) is 0 Å². The van der Waals surface area contributed by atoms with Gasteiger partial charge >= 0.3 is 0 Å². The maximum Gasteiger partial charge on any atom is 0.284 e. The van der Waals surface area contributed by atoms with Crippen molar-refractivity contribution < 1.29 is 8.83 Å². The lowest BCUT2D eigenvalue weighted by molar-refractivity contribution is 0.591. The summed E-state index contributed by atoms with van der Waals surface area (Å²) in [6, 6.07) is 11.5. The topological polar surface area (TPSA) is 52.1 Å². The van der Waals surface area contributed by atoms with Crippen molar-refractivity contribution in [1.82, 2.24) is 9.97 Å². The van der Waals surface area contributed by atoms with Crippen LogP contribution in [0.25, 0.3) is 33.3 Å². The van der Waals surface area contributed by atoms with E-state index in [4.69, 9.17) is 8.83 Å². The second kappa shape index (κ2) is 3.43. The number of hydrogen-bond acceptors (Lipinski definition) is 4. The zero-order valence-electron chi connectivity index (χ0n) is 9.18. The highest BCUT2D eigenvalue weighted by atomic mass is 16.3. The molecule has 18 heavy (non-hydrogen) atoms. The third-order valence-corrected chi connectivity index (χ3v) is 2.91. The summed E-state index contributed by atoms with van der Waals surface area (Å²) >= 11 is 0. The average Bonchev–Trinajstić information content (AvgIpc) is 3.06. The summed E-state index contributed by atoms with van der Waals surface area (Å²) in [5.41, 5.74) is 4.85. The fourth-order valence-electron chi connectivity index (χ4n) is 2.11. The number of nitrogens with zero attached hydrogens (tertiary/aromatic N) is 2. The lowest BCUT2D eigenvalue weighted by atomic mass is 10.0. The van der Waals surface area contributed by atoms with Gasteiger partial charge in [0.1, 0.15) is 11.0 Å². The zero-order valence-corrected chi connectivity index (χ0v) is 9.18. The standard InChI is InChI=1S/C14H6N2O2/c1-3-9(13-11(5-1)17-7-15-13)10-4-2-6-12-14(10)16-8-18-12/h1-6H. The largest absolute Gasteiger partial charge is 0.432 e. The predicted molar refractivity (Wildman–Crippen MR) is 64.7 cm³/mol. The van der Waals surface area contributed by atoms with Gasteiger partial charge in [0, 0.05) is 11.1 Å². The van der Waals surface area contributed by atoms with Gasteiger partial charge in [-0.15, -0.1) is 0 Å². The zero-order chi connectivity index (χ0) is 11.9. The Morgan fingerprint density at radius 1 is 0.722 bits per heavy atom. The molecule has 84 valence electrons. The highest BCUT2D eigenvalue weighted by Gasteiger charge is 2.12. The molecular weight excluding hydrogens is 228 g/mol. The molecule has 0 saturated carbocycles. The van der Waals surface area contributed by atoms with Crippen LogP contribution in [0, 0.1) is 12.8 Å². The first-order chi connectivity index (χ1) is 8.93. The lowest BCUT2D eigenvalue weighted by Crippen LogP contribution is -1.82. The van der Waals surface area contributed by atoms with Crippen LogP contribution < -0.4 is 0 Å². The Morgan fingerprint density at radius 3 is 1.72 bits per heavy atom. The molecule has 2 aromatic carbocycles. The summed E-state index contributed by atoms with van der Waals surface area (Å²) in [6.45, 7) is 0. The van der Waals surface area contributed by atoms with E-state index >= 15 is 0 Å². The van der Waals surface area contributed by atoms with E-state index in [9.17, 15) is 0 Å². The van der Waals surface area contributed by atoms with Crippen LogP contribution in [-0.2, 0) is 0 Å². The van der Waals surface area contributed by atoms with E-state index in [1.54, 1.807) is 0 Å². The molecule has 2 heterocycles. The minimum Gasteiger partial charge on any atom is -0.432 e. The van der Waals surface area contributed by atoms with E-state index in [-0.39, 0.29) is 0 Å². The van der Waals surface area contributed by atoms with Gasteiger partial charge in [-0.25, -0.2) is 9.97 Å². The Bertz CT molecular complexity index is 773. The van der Waals surface area contributed by atoms with Crippen LogP contribution in [0.5, 0.6) is 0 Å². The van der Waals surface area contributed by atoms with E-state index < -0.39 is 0 Å². The quantitative estimate of drug-likeness (QED) is 0.507. The molecule has 4 aromatic rings. The summed E-state index contributed by atoms with van der Waals surface area (Å²) < 4.78 is 10.4. The highest BCUT2D eigenvalue weighted by Crippen LogP contribution is 2.32. The van der Waals surface area contributed by atoms with Crippen LogP contribution in [0.2, 0.25) is 0 Å². The monoisotopic (exact) mass is 234 g/mol. The predicted octanol–water partition coefficient (Wildman–Crippen LogP) is 3.24. The molecule has 0 N–H and O–H groups in total. The van der Waals surface area contributed by atoms with Gasteiger partial charge in [-0.3, -0.25) is 0 Å². The van der Waals surface area contributed by atoms with Crippen LogP contribution in [-0.4, -0.2) is 9.97 Å². The number of oxazole rings is 2. The summed E-state index contributed by atoms with van der Waals surface area (Å²) in [5, 5.41) is 0. The van der Waals surface area contributed by atoms with Crippen molar-refractivity contribution in [2.24, 2.45) is 0 Å². The van der Waals surface area contributed by atoms with Gasteiger partial charge in [-0.05, 0) is 12.1 Å². The maximum absolute atomic E-state index is 5.19. The third kappa shape index (κ3) is 1.20. The third-order valence-electron chi connectivity index (χ3n) is 2.91. The van der Waals surface area contributed by atoms with E-state index in [0.29, 0.717) is 11.2 Å². The first-order valence-corrected chi connectivity index (χ1v) is 5.45. The van der Waals surface area contributed by atoms with Crippen molar-refractivity contribution in [2.45, 2.75) is 0 Å². The molecule has 0 unspecified atom stereocenters. The first kappa shape index (κ1) is 9.41. The molecule has 0 aliphatic heterocycles. The summed E-state index contributed by atoms with van der Waals surface area (Å²) in [4.78, 5) is 8.25. The molecule has 4 rings (SSSR count). The van der Waals surface area contributed by atoms with Gasteiger partial charge in [0.2, 0.25) is 0 Å². The van der Waals surface area contributed by atoms with Gasteiger partial charge in [0.25, 0.3) is 12.8 Å². The molecule has 0 aliphatic rings. The van der Waals surface area contributed by atoms with E-state index in [1.807, 2.05) is 36.4 Å². The van der Waals surface area contributed by atoms with Crippen molar-refractivity contribution in [1.29, 1.82) is 0 Å². The molecule has 0 aliphatic carbocycles. The Kier molecular flexibility index (Phi) is 1.80. The normalized spacial score (nSPS) is 11.3. The molecule has 2 radical (unpaired) electrons. The fourth-order valence-corrected chi connectivity index (χ4v) is 2.11. The van der Waals surface area contributed by atoms with Gasteiger partial charge in [-0.1, -0.05) is 24.3 Å². The van der Waals surface area contributed by atoms with Crippen LogP contribution in [0.15, 0.2) is 45.2 Å². The molecule has 0 amide bonds. The van der Waals surface area contributed by atoms with Gasteiger partial charge in [0.15, 0.2) is 11.2 Å². The Balaban J connectivity index is 2.13. The van der Waals surface area contributed by atoms with Crippen LogP contribution >= 0.6 is 0 Å². The smallest absolute Gasteiger partial charge is 0.284 e. The minimum atomic E-state index is 0.706. The van der Waals surface area contributed by atoms with Crippen LogP contribution in [0.3, 0.4) is 0 Å². The van der Waals surface area contributed by atoms with Crippen LogP contribution in [0.4, 0.5) is 0 Å². The Hall–Kier alpha value is -2.62. The van der Waals surface area contributed by atoms with Gasteiger partial charge < -0.3 is 8.83 Å². The summed E-state index contributed by atoms with van der Waals surface area (Å²) in [7, 11) is 0. The number of aromatic nitrogens is 2. The molecule has 0 bridgehead atoms. The Labute approximate surface area is 102 Å².